The van der Waals surface area contributed by atoms with Crippen molar-refractivity contribution in [3.05, 3.63) is 34.9 Å². The van der Waals surface area contributed by atoms with Crippen molar-refractivity contribution in [3.8, 4) is 0 Å². The van der Waals surface area contributed by atoms with Crippen LogP contribution in [-0.2, 0) is 11.0 Å². The Bertz CT molecular complexity index is 738. The predicted octanol–water partition coefficient (Wildman–Crippen LogP) is 2.44. The number of halogens is 3. The summed E-state index contributed by atoms with van der Waals surface area (Å²) in [6, 6.07) is 3.16. The number of amides is 2. The molecule has 1 heterocycles. The fourth-order valence-corrected chi connectivity index (χ4v) is 2.78. The molecule has 1 unspecified atom stereocenters. The lowest BCUT2D eigenvalue weighted by Gasteiger charge is -2.21. The van der Waals surface area contributed by atoms with E-state index < -0.39 is 11.7 Å². The summed E-state index contributed by atoms with van der Waals surface area (Å²) >= 11 is 0. The predicted molar refractivity (Wildman–Crippen MR) is 90.1 cm³/mol. The third-order valence-corrected chi connectivity index (χ3v) is 4.23. The highest BCUT2D eigenvalue weighted by Gasteiger charge is 2.39. The molecule has 142 valence electrons. The number of carbonyl (C=O) groups is 2. The van der Waals surface area contributed by atoms with Gasteiger partial charge in [0, 0.05) is 19.0 Å². The normalized spacial score (nSPS) is 18.7. The molecule has 2 amide bonds. The monoisotopic (exact) mass is 370 g/mol. The number of benzene rings is 1. The van der Waals surface area contributed by atoms with Crippen LogP contribution in [0.5, 0.6) is 0 Å². The van der Waals surface area contributed by atoms with Gasteiger partial charge in [-0.1, -0.05) is 0 Å². The Balaban J connectivity index is 0.000000298. The van der Waals surface area contributed by atoms with E-state index in [2.05, 4.69) is 4.99 Å². The Labute approximate surface area is 149 Å². The molecule has 2 aliphatic rings. The zero-order valence-corrected chi connectivity index (χ0v) is 14.5. The van der Waals surface area contributed by atoms with Crippen LogP contribution in [0.1, 0.15) is 54.2 Å². The third kappa shape index (κ3) is 4.74. The first-order valence-corrected chi connectivity index (χ1v) is 8.13. The molecule has 1 aromatic carbocycles. The Morgan fingerprint density at radius 2 is 1.92 bits per heavy atom. The molecule has 1 fully saturated rings. The molecule has 1 aromatic rings. The number of guanidine groups is 1. The largest absolute Gasteiger partial charge is 0.416 e. The zero-order chi connectivity index (χ0) is 19.6. The van der Waals surface area contributed by atoms with Gasteiger partial charge in [-0.25, -0.2) is 0 Å². The van der Waals surface area contributed by atoms with E-state index in [1.165, 1.54) is 13.0 Å². The topological polar surface area (TPSA) is 102 Å². The molecule has 1 aliphatic heterocycles. The van der Waals surface area contributed by atoms with Gasteiger partial charge in [0.2, 0.25) is 5.91 Å². The molecule has 0 radical (unpaired) electrons. The molecule has 0 spiro atoms. The molecule has 1 aliphatic carbocycles. The van der Waals surface area contributed by atoms with Gasteiger partial charge in [-0.05, 0) is 49.4 Å². The van der Waals surface area contributed by atoms with E-state index in [0.717, 1.165) is 25.0 Å². The van der Waals surface area contributed by atoms with Crippen LogP contribution in [-0.4, -0.2) is 29.2 Å². The van der Waals surface area contributed by atoms with Crippen LogP contribution in [0.25, 0.3) is 0 Å². The number of rotatable bonds is 2. The van der Waals surface area contributed by atoms with Gasteiger partial charge in [-0.2, -0.15) is 18.2 Å². The van der Waals surface area contributed by atoms with Crippen molar-refractivity contribution in [3.63, 3.8) is 0 Å². The second-order valence-corrected chi connectivity index (χ2v) is 6.43. The highest BCUT2D eigenvalue weighted by molar-refractivity contribution is 5.99. The maximum Gasteiger partial charge on any atom is 0.416 e. The lowest BCUT2D eigenvalue weighted by molar-refractivity contribution is -0.137. The second kappa shape index (κ2) is 7.35. The number of hydrogen-bond acceptors (Lipinski definition) is 2. The summed E-state index contributed by atoms with van der Waals surface area (Å²) in [6.07, 6.45) is -2.14. The van der Waals surface area contributed by atoms with Crippen molar-refractivity contribution in [1.29, 1.82) is 0 Å². The van der Waals surface area contributed by atoms with Crippen LogP contribution in [0.3, 0.4) is 0 Å². The number of carbonyl (C=O) groups excluding carboxylic acids is 2. The van der Waals surface area contributed by atoms with Gasteiger partial charge in [0.15, 0.2) is 5.96 Å². The average Bonchev–Trinajstić information content (AvgIpc) is 3.29. The lowest BCUT2D eigenvalue weighted by atomic mass is 10.0. The minimum Gasteiger partial charge on any atom is -0.370 e. The first kappa shape index (κ1) is 19.7. The summed E-state index contributed by atoms with van der Waals surface area (Å²) in [7, 11) is 0. The van der Waals surface area contributed by atoms with Crippen molar-refractivity contribution >= 4 is 17.8 Å². The molecule has 3 rings (SSSR count). The standard InChI is InChI=1S/C14H14F3NO.C3H7N3O/c1-8-12-6-10(14(15,16)17)4-5-11(12)13(19)18(8)7-9-2-3-9;1-2(7)6-3(4)5/h4-6,8-9H,2-3,7H2,1H3;1H3,(H4,4,5,6,7). The summed E-state index contributed by atoms with van der Waals surface area (Å²) in [5.41, 5.74) is 9.84. The van der Waals surface area contributed by atoms with Gasteiger partial charge < -0.3 is 16.4 Å². The van der Waals surface area contributed by atoms with Gasteiger partial charge in [0.05, 0.1) is 11.6 Å². The van der Waals surface area contributed by atoms with E-state index >= 15 is 0 Å². The van der Waals surface area contributed by atoms with Crippen molar-refractivity contribution < 1.29 is 22.8 Å². The highest BCUT2D eigenvalue weighted by atomic mass is 19.4. The fourth-order valence-electron chi connectivity index (χ4n) is 2.78. The van der Waals surface area contributed by atoms with E-state index in [0.29, 0.717) is 23.6 Å². The number of nitrogens with zero attached hydrogens (tertiary/aromatic N) is 2. The fraction of sp³-hybridized carbons (Fsp3) is 0.471. The molecule has 0 saturated heterocycles. The van der Waals surface area contributed by atoms with E-state index in [4.69, 9.17) is 11.5 Å². The highest BCUT2D eigenvalue weighted by Crippen LogP contribution is 2.40. The molecular weight excluding hydrogens is 349 g/mol. The summed E-state index contributed by atoms with van der Waals surface area (Å²) in [5, 5.41) is 0. The third-order valence-electron chi connectivity index (χ3n) is 4.23. The Morgan fingerprint density at radius 3 is 2.35 bits per heavy atom. The Hall–Kier alpha value is -2.58. The molecule has 0 aromatic heterocycles. The van der Waals surface area contributed by atoms with Crippen molar-refractivity contribution in [1.82, 2.24) is 4.90 Å². The number of alkyl halides is 3. The number of nitrogens with two attached hydrogens (primary N) is 2. The minimum absolute atomic E-state index is 0.136. The first-order valence-electron chi connectivity index (χ1n) is 8.13. The smallest absolute Gasteiger partial charge is 0.370 e. The van der Waals surface area contributed by atoms with Gasteiger partial charge in [-0.3, -0.25) is 9.59 Å². The van der Waals surface area contributed by atoms with E-state index in [1.807, 2.05) is 0 Å². The van der Waals surface area contributed by atoms with E-state index in [-0.39, 0.29) is 23.8 Å². The molecular formula is C17H21F3N4O2. The van der Waals surface area contributed by atoms with E-state index in [1.54, 1.807) is 11.8 Å². The summed E-state index contributed by atoms with van der Waals surface area (Å²) in [6.45, 7) is 3.74. The van der Waals surface area contributed by atoms with Crippen molar-refractivity contribution in [2.45, 2.75) is 38.9 Å². The first-order chi connectivity index (χ1) is 12.0. The van der Waals surface area contributed by atoms with Crippen LogP contribution in [0.15, 0.2) is 23.2 Å². The molecule has 1 saturated carbocycles. The number of hydrogen-bond donors (Lipinski definition) is 2. The Morgan fingerprint density at radius 1 is 1.31 bits per heavy atom. The van der Waals surface area contributed by atoms with Crippen LogP contribution < -0.4 is 11.5 Å². The quantitative estimate of drug-likeness (QED) is 0.617. The SMILES string of the molecule is CC(=O)N=C(N)N.CC1c2cc(C(F)(F)F)ccc2C(=O)N1CC1CC1. The molecule has 4 N–H and O–H groups in total. The maximum atomic E-state index is 12.7. The second-order valence-electron chi connectivity index (χ2n) is 6.43. The molecule has 6 nitrogen and oxygen atoms in total. The molecule has 9 heteroatoms. The summed E-state index contributed by atoms with van der Waals surface area (Å²) in [5.74, 6) is -0.168. The van der Waals surface area contributed by atoms with Gasteiger partial charge in [0.1, 0.15) is 0 Å². The zero-order valence-electron chi connectivity index (χ0n) is 14.5. The molecule has 0 bridgehead atoms. The van der Waals surface area contributed by atoms with Crippen molar-refractivity contribution in [2.24, 2.45) is 22.4 Å². The maximum absolute atomic E-state index is 12.7. The summed E-state index contributed by atoms with van der Waals surface area (Å²) < 4.78 is 38.1. The average molecular weight is 370 g/mol. The van der Waals surface area contributed by atoms with Gasteiger partial charge in [0.25, 0.3) is 5.91 Å². The van der Waals surface area contributed by atoms with Gasteiger partial charge in [-0.15, -0.1) is 0 Å². The van der Waals surface area contributed by atoms with Gasteiger partial charge >= 0.3 is 6.18 Å². The lowest BCUT2D eigenvalue weighted by Crippen LogP contribution is -2.28. The number of fused-ring (bicyclic) bond motifs is 1. The minimum atomic E-state index is -4.36. The number of aliphatic imine (C=N–C) groups is 1. The molecule has 26 heavy (non-hydrogen) atoms. The Kier molecular flexibility index (Phi) is 5.58. The van der Waals surface area contributed by atoms with E-state index in [9.17, 15) is 22.8 Å². The van der Waals surface area contributed by atoms with Crippen LogP contribution in [0.2, 0.25) is 0 Å². The summed E-state index contributed by atoms with van der Waals surface area (Å²) in [4.78, 5) is 26.9. The van der Waals surface area contributed by atoms with Crippen LogP contribution in [0, 0.1) is 5.92 Å². The van der Waals surface area contributed by atoms with Crippen molar-refractivity contribution in [2.75, 3.05) is 6.54 Å². The van der Waals surface area contributed by atoms with Crippen LogP contribution in [0.4, 0.5) is 13.2 Å². The molecule has 1 atom stereocenters. The van der Waals surface area contributed by atoms with Crippen LogP contribution >= 0.6 is 0 Å².